The highest BCUT2D eigenvalue weighted by Crippen LogP contribution is 2.39. The number of hydrogen-bond acceptors (Lipinski definition) is 7. The number of nitrogen functional groups attached to an aromatic ring is 1. The molecule has 0 saturated heterocycles. The molecule has 0 atom stereocenters. The van der Waals surface area contributed by atoms with Gasteiger partial charge in [0.15, 0.2) is 0 Å². The monoisotopic (exact) mass is 390 g/mol. The number of hydrogen-bond donors (Lipinski definition) is 1. The highest BCUT2D eigenvalue weighted by molar-refractivity contribution is 7.22. The van der Waals surface area contributed by atoms with Gasteiger partial charge in [-0.2, -0.15) is 0 Å². The smallest absolute Gasteiger partial charge is 0.341 e. The van der Waals surface area contributed by atoms with Crippen LogP contribution in [-0.2, 0) is 11.2 Å². The predicted octanol–water partition coefficient (Wildman–Crippen LogP) is 5.61. The van der Waals surface area contributed by atoms with Crippen LogP contribution >= 0.6 is 34.0 Å². The fraction of sp³-hybridized carbons (Fsp3) is 0.222. The third-order valence-corrected chi connectivity index (χ3v) is 6.60. The van der Waals surface area contributed by atoms with E-state index in [0.29, 0.717) is 23.6 Å². The van der Waals surface area contributed by atoms with Gasteiger partial charge in [0, 0.05) is 26.4 Å². The molecule has 0 amide bonds. The highest BCUT2D eigenvalue weighted by atomic mass is 32.1. The summed E-state index contributed by atoms with van der Waals surface area (Å²) in [5.41, 5.74) is 7.35. The highest BCUT2D eigenvalue weighted by Gasteiger charge is 2.21. The second kappa shape index (κ2) is 7.95. The molecule has 0 fully saturated rings. The molecule has 2 N–H and O–H groups in total. The van der Waals surface area contributed by atoms with Crippen LogP contribution in [0.25, 0.3) is 9.75 Å². The molecule has 0 aliphatic carbocycles. The number of esters is 1. The van der Waals surface area contributed by atoms with Gasteiger partial charge in [-0.05, 0) is 36.9 Å². The van der Waals surface area contributed by atoms with Crippen molar-refractivity contribution in [3.63, 3.8) is 0 Å². The van der Waals surface area contributed by atoms with E-state index in [2.05, 4.69) is 28.6 Å². The Balaban J connectivity index is 1.86. The molecule has 0 bridgehead atoms. The number of nitrogens with zero attached hydrogens (tertiary/aromatic N) is 1. The van der Waals surface area contributed by atoms with Crippen molar-refractivity contribution < 1.29 is 9.53 Å². The third kappa shape index (κ3) is 3.84. The molecule has 0 radical (unpaired) electrons. The average molecular weight is 391 g/mol. The number of nitrogens with two attached hydrogens (primary N) is 1. The van der Waals surface area contributed by atoms with Crippen molar-refractivity contribution in [1.82, 2.24) is 0 Å². The Hall–Kier alpha value is -1.96. The van der Waals surface area contributed by atoms with Gasteiger partial charge in [-0.3, -0.25) is 0 Å². The normalized spacial score (nSPS) is 11.3. The maximum absolute atomic E-state index is 12.1. The minimum Gasteiger partial charge on any atom is -0.462 e. The van der Waals surface area contributed by atoms with Crippen LogP contribution in [0, 0.1) is 0 Å². The Labute approximate surface area is 158 Å². The number of anilines is 1. The van der Waals surface area contributed by atoms with Crippen LogP contribution in [0.3, 0.4) is 0 Å². The van der Waals surface area contributed by atoms with Gasteiger partial charge in [-0.25, -0.2) is 9.79 Å². The van der Waals surface area contributed by atoms with Crippen molar-refractivity contribution in [2.45, 2.75) is 20.3 Å². The SMILES string of the molecule is CCOC(=O)c1c(N)sc(N=Cc2ccc(-c3cccs3)s2)c1CC. The van der Waals surface area contributed by atoms with E-state index in [4.69, 9.17) is 10.5 Å². The van der Waals surface area contributed by atoms with E-state index in [0.717, 1.165) is 15.4 Å². The first kappa shape index (κ1) is 17.8. The molecule has 130 valence electrons. The molecule has 0 aliphatic rings. The molecule has 4 nitrogen and oxygen atoms in total. The third-order valence-electron chi connectivity index (χ3n) is 3.55. The molecule has 0 spiro atoms. The Morgan fingerprint density at radius 2 is 2.08 bits per heavy atom. The zero-order chi connectivity index (χ0) is 17.8. The van der Waals surface area contributed by atoms with E-state index in [-0.39, 0.29) is 5.97 Å². The van der Waals surface area contributed by atoms with Gasteiger partial charge >= 0.3 is 5.97 Å². The molecule has 0 aromatic carbocycles. The molecule has 3 aromatic rings. The van der Waals surface area contributed by atoms with Gasteiger partial charge in [0.05, 0.1) is 12.2 Å². The largest absolute Gasteiger partial charge is 0.462 e. The molecule has 3 heterocycles. The molecule has 0 saturated carbocycles. The summed E-state index contributed by atoms with van der Waals surface area (Å²) in [6.45, 7) is 4.10. The second-order valence-electron chi connectivity index (χ2n) is 5.14. The molecular formula is C18H18N2O2S3. The van der Waals surface area contributed by atoms with Crippen LogP contribution in [0.4, 0.5) is 10.0 Å². The fourth-order valence-corrected chi connectivity index (χ4v) is 5.13. The summed E-state index contributed by atoms with van der Waals surface area (Å²) in [6.07, 6.45) is 2.51. The summed E-state index contributed by atoms with van der Waals surface area (Å²) < 4.78 is 5.11. The van der Waals surface area contributed by atoms with Crippen molar-refractivity contribution in [3.05, 3.63) is 45.6 Å². The molecule has 25 heavy (non-hydrogen) atoms. The summed E-state index contributed by atoms with van der Waals surface area (Å²) in [5, 5.41) is 3.31. The Morgan fingerprint density at radius 3 is 2.76 bits per heavy atom. The first-order valence-electron chi connectivity index (χ1n) is 7.90. The van der Waals surface area contributed by atoms with Crippen molar-refractivity contribution in [3.8, 4) is 9.75 Å². The van der Waals surface area contributed by atoms with E-state index in [1.54, 1.807) is 29.6 Å². The van der Waals surface area contributed by atoms with E-state index >= 15 is 0 Å². The van der Waals surface area contributed by atoms with Crippen molar-refractivity contribution in [1.29, 1.82) is 0 Å². The van der Waals surface area contributed by atoms with Crippen molar-refractivity contribution >= 4 is 56.2 Å². The Kier molecular flexibility index (Phi) is 5.67. The lowest BCUT2D eigenvalue weighted by Gasteiger charge is -2.03. The van der Waals surface area contributed by atoms with Crippen LogP contribution < -0.4 is 5.73 Å². The number of carbonyl (C=O) groups excluding carboxylic acids is 1. The van der Waals surface area contributed by atoms with E-state index in [1.807, 2.05) is 19.2 Å². The Bertz CT molecular complexity index is 892. The minimum absolute atomic E-state index is 0.330. The summed E-state index contributed by atoms with van der Waals surface area (Å²) >= 11 is 4.74. The van der Waals surface area contributed by atoms with Crippen molar-refractivity contribution in [2.75, 3.05) is 12.3 Å². The van der Waals surface area contributed by atoms with Gasteiger partial charge in [0.1, 0.15) is 10.0 Å². The van der Waals surface area contributed by atoms with Gasteiger partial charge < -0.3 is 10.5 Å². The number of rotatable bonds is 6. The first-order valence-corrected chi connectivity index (χ1v) is 10.4. The lowest BCUT2D eigenvalue weighted by atomic mass is 10.1. The van der Waals surface area contributed by atoms with Crippen molar-refractivity contribution in [2.24, 2.45) is 4.99 Å². The lowest BCUT2D eigenvalue weighted by molar-refractivity contribution is 0.0527. The number of thiophene rings is 3. The molecule has 3 aromatic heterocycles. The van der Waals surface area contributed by atoms with Crippen LogP contribution in [0.5, 0.6) is 0 Å². The molecule has 3 rings (SSSR count). The topological polar surface area (TPSA) is 64.7 Å². The first-order chi connectivity index (χ1) is 12.1. The minimum atomic E-state index is -0.370. The number of carbonyl (C=O) groups is 1. The van der Waals surface area contributed by atoms with Gasteiger partial charge in [-0.1, -0.05) is 24.3 Å². The Morgan fingerprint density at radius 1 is 1.24 bits per heavy atom. The summed E-state index contributed by atoms with van der Waals surface area (Å²) in [7, 11) is 0. The van der Waals surface area contributed by atoms with E-state index in [1.165, 1.54) is 21.1 Å². The van der Waals surface area contributed by atoms with Gasteiger partial charge in [-0.15, -0.1) is 22.7 Å². The van der Waals surface area contributed by atoms with Crippen LogP contribution in [0.2, 0.25) is 0 Å². The fourth-order valence-electron chi connectivity index (χ4n) is 2.43. The molecule has 0 aliphatic heterocycles. The number of ether oxygens (including phenoxy) is 1. The second-order valence-corrected chi connectivity index (χ2v) is 8.23. The van der Waals surface area contributed by atoms with Crippen LogP contribution in [0.1, 0.15) is 34.6 Å². The average Bonchev–Trinajstić information content (AvgIpc) is 3.32. The van der Waals surface area contributed by atoms with Gasteiger partial charge in [0.25, 0.3) is 0 Å². The maximum atomic E-state index is 12.1. The maximum Gasteiger partial charge on any atom is 0.341 e. The van der Waals surface area contributed by atoms with Gasteiger partial charge in [0.2, 0.25) is 0 Å². The lowest BCUT2D eigenvalue weighted by Crippen LogP contribution is -2.08. The zero-order valence-electron chi connectivity index (χ0n) is 13.9. The number of aliphatic imine (C=N–C) groups is 1. The standard InChI is InChI=1S/C18H18N2O2S3/c1-3-12-15(18(21)22-4-2)16(19)25-17(12)20-10-11-7-8-14(24-11)13-6-5-9-23-13/h5-10H,3-4,19H2,1-2H3. The summed E-state index contributed by atoms with van der Waals surface area (Å²) in [4.78, 5) is 20.3. The molecule has 7 heteroatoms. The van der Waals surface area contributed by atoms with Crippen LogP contribution in [0.15, 0.2) is 34.6 Å². The van der Waals surface area contributed by atoms with E-state index in [9.17, 15) is 4.79 Å². The van der Waals surface area contributed by atoms with Crippen LogP contribution in [-0.4, -0.2) is 18.8 Å². The summed E-state index contributed by atoms with van der Waals surface area (Å²) in [6, 6.07) is 8.31. The summed E-state index contributed by atoms with van der Waals surface area (Å²) in [5.74, 6) is -0.370. The molecular weight excluding hydrogens is 372 g/mol. The zero-order valence-corrected chi connectivity index (χ0v) is 16.4. The predicted molar refractivity (Wildman–Crippen MR) is 109 cm³/mol. The molecule has 0 unspecified atom stereocenters. The van der Waals surface area contributed by atoms with E-state index < -0.39 is 0 Å². The quantitative estimate of drug-likeness (QED) is 0.439.